The predicted octanol–water partition coefficient (Wildman–Crippen LogP) is 1.87. The van der Waals surface area contributed by atoms with Crippen molar-refractivity contribution in [1.29, 1.82) is 0 Å². The molecule has 19 heavy (non-hydrogen) atoms. The lowest BCUT2D eigenvalue weighted by molar-refractivity contribution is -0.116. The molecule has 2 rings (SSSR count). The van der Waals surface area contributed by atoms with Crippen LogP contribution in [0.5, 0.6) is 0 Å². The fraction of sp³-hybridized carbons (Fsp3) is 0.0833. The maximum absolute atomic E-state index is 11.8. The van der Waals surface area contributed by atoms with E-state index in [1.54, 1.807) is 24.3 Å². The number of carboxylic acids is 1. The van der Waals surface area contributed by atoms with Crippen LogP contribution in [0.2, 0.25) is 5.02 Å². The Bertz CT molecular complexity index is 624. The first-order valence-corrected chi connectivity index (χ1v) is 5.74. The maximum atomic E-state index is 11.8. The molecule has 0 saturated carbocycles. The molecule has 6 nitrogen and oxygen atoms in total. The Balaban J connectivity index is 2.05. The zero-order valence-corrected chi connectivity index (χ0v) is 10.5. The van der Waals surface area contributed by atoms with E-state index in [4.69, 9.17) is 16.7 Å². The lowest BCUT2D eigenvalue weighted by atomic mass is 10.3. The van der Waals surface area contributed by atoms with E-state index in [0.29, 0.717) is 10.7 Å². The Kier molecular flexibility index (Phi) is 3.82. The van der Waals surface area contributed by atoms with Gasteiger partial charge in [-0.3, -0.25) is 4.79 Å². The molecule has 0 unspecified atom stereocenters. The second-order valence-electron chi connectivity index (χ2n) is 3.74. The molecule has 1 aromatic carbocycles. The molecule has 1 heterocycles. The van der Waals surface area contributed by atoms with Gasteiger partial charge in [0.1, 0.15) is 12.2 Å². The van der Waals surface area contributed by atoms with Gasteiger partial charge < -0.3 is 10.4 Å². The minimum Gasteiger partial charge on any atom is -0.477 e. The van der Waals surface area contributed by atoms with E-state index in [0.717, 1.165) is 4.68 Å². The number of rotatable bonds is 4. The molecule has 0 bridgehead atoms. The van der Waals surface area contributed by atoms with Crippen LogP contribution in [-0.4, -0.2) is 26.8 Å². The zero-order valence-electron chi connectivity index (χ0n) is 9.71. The molecule has 0 radical (unpaired) electrons. The van der Waals surface area contributed by atoms with Crippen molar-refractivity contribution in [2.45, 2.75) is 6.54 Å². The molecule has 2 aromatic rings. The quantitative estimate of drug-likeness (QED) is 0.895. The Morgan fingerprint density at radius 1 is 1.37 bits per heavy atom. The molecule has 0 fully saturated rings. The van der Waals surface area contributed by atoms with E-state index in [-0.39, 0.29) is 18.1 Å². The highest BCUT2D eigenvalue weighted by Crippen LogP contribution is 2.14. The third-order valence-electron chi connectivity index (χ3n) is 2.34. The summed E-state index contributed by atoms with van der Waals surface area (Å²) in [5.41, 5.74) is 0.503. The summed E-state index contributed by atoms with van der Waals surface area (Å²) < 4.78 is 1.11. The van der Waals surface area contributed by atoms with Crippen molar-refractivity contribution >= 4 is 29.2 Å². The molecule has 0 aliphatic carbocycles. The summed E-state index contributed by atoms with van der Waals surface area (Å²) in [6.07, 6.45) is 1.33. The largest absolute Gasteiger partial charge is 0.477 e. The molecule has 98 valence electrons. The van der Waals surface area contributed by atoms with E-state index < -0.39 is 5.97 Å². The van der Waals surface area contributed by atoms with E-state index >= 15 is 0 Å². The third-order valence-corrected chi connectivity index (χ3v) is 2.57. The molecular formula is C12H10ClN3O3. The lowest BCUT2D eigenvalue weighted by Gasteiger charge is -2.07. The summed E-state index contributed by atoms with van der Waals surface area (Å²) in [6, 6.07) is 8.00. The minimum absolute atomic E-state index is 0.0405. The first kappa shape index (κ1) is 13.1. The maximum Gasteiger partial charge on any atom is 0.354 e. The standard InChI is InChI=1S/C12H10ClN3O3/c13-8-2-1-3-9(6-8)15-11(17)7-16-10(12(18)19)4-5-14-16/h1-6H,7H2,(H,15,17)(H,18,19). The van der Waals surface area contributed by atoms with Crippen molar-refractivity contribution in [3.05, 3.63) is 47.2 Å². The van der Waals surface area contributed by atoms with Gasteiger partial charge in [0.05, 0.1) is 0 Å². The molecule has 0 saturated heterocycles. The lowest BCUT2D eigenvalue weighted by Crippen LogP contribution is -2.22. The van der Waals surface area contributed by atoms with Crippen LogP contribution in [0, 0.1) is 0 Å². The summed E-state index contributed by atoms with van der Waals surface area (Å²) in [7, 11) is 0. The third kappa shape index (κ3) is 3.32. The van der Waals surface area contributed by atoms with Crippen LogP contribution in [0.15, 0.2) is 36.5 Å². The Morgan fingerprint density at radius 2 is 2.16 bits per heavy atom. The van der Waals surface area contributed by atoms with Gasteiger partial charge >= 0.3 is 5.97 Å². The average molecular weight is 280 g/mol. The molecule has 7 heteroatoms. The first-order valence-electron chi connectivity index (χ1n) is 5.37. The number of nitrogens with zero attached hydrogens (tertiary/aromatic N) is 2. The Hall–Kier alpha value is -2.34. The summed E-state index contributed by atoms with van der Waals surface area (Å²) in [5.74, 6) is -1.51. The van der Waals surface area contributed by atoms with Crippen LogP contribution < -0.4 is 5.32 Å². The number of halogens is 1. The number of nitrogens with one attached hydrogen (secondary N) is 1. The molecule has 1 amide bonds. The highest BCUT2D eigenvalue weighted by atomic mass is 35.5. The van der Waals surface area contributed by atoms with Crippen LogP contribution in [-0.2, 0) is 11.3 Å². The molecule has 1 aromatic heterocycles. The van der Waals surface area contributed by atoms with Crippen molar-refractivity contribution in [2.24, 2.45) is 0 Å². The van der Waals surface area contributed by atoms with Crippen LogP contribution in [0.3, 0.4) is 0 Å². The van der Waals surface area contributed by atoms with E-state index in [1.807, 2.05) is 0 Å². The van der Waals surface area contributed by atoms with E-state index in [2.05, 4.69) is 10.4 Å². The van der Waals surface area contributed by atoms with Gasteiger partial charge in [-0.15, -0.1) is 0 Å². The van der Waals surface area contributed by atoms with Crippen LogP contribution in [0.25, 0.3) is 0 Å². The second-order valence-corrected chi connectivity index (χ2v) is 4.17. The van der Waals surface area contributed by atoms with Gasteiger partial charge in [0.25, 0.3) is 0 Å². The first-order chi connectivity index (χ1) is 9.06. The monoisotopic (exact) mass is 279 g/mol. The average Bonchev–Trinajstić information content (AvgIpc) is 2.76. The molecule has 0 atom stereocenters. The fourth-order valence-electron chi connectivity index (χ4n) is 1.54. The highest BCUT2D eigenvalue weighted by molar-refractivity contribution is 6.30. The van der Waals surface area contributed by atoms with Crippen molar-refractivity contribution in [2.75, 3.05) is 5.32 Å². The predicted molar refractivity (Wildman–Crippen MR) is 69.3 cm³/mol. The van der Waals surface area contributed by atoms with Gasteiger partial charge in [-0.05, 0) is 24.3 Å². The van der Waals surface area contributed by atoms with Gasteiger partial charge in [0, 0.05) is 16.9 Å². The number of carboxylic acid groups (broad SMARTS) is 1. The normalized spacial score (nSPS) is 10.2. The van der Waals surface area contributed by atoms with E-state index in [9.17, 15) is 9.59 Å². The summed E-state index contributed by atoms with van der Waals surface area (Å²) in [4.78, 5) is 22.6. The summed E-state index contributed by atoms with van der Waals surface area (Å²) in [5, 5.41) is 15.8. The van der Waals surface area contributed by atoms with Gasteiger partial charge in [0.2, 0.25) is 5.91 Å². The van der Waals surface area contributed by atoms with Gasteiger partial charge in [-0.25, -0.2) is 9.48 Å². The number of hydrogen-bond acceptors (Lipinski definition) is 3. The number of aromatic nitrogens is 2. The zero-order chi connectivity index (χ0) is 13.8. The second kappa shape index (κ2) is 5.53. The summed E-state index contributed by atoms with van der Waals surface area (Å²) >= 11 is 5.79. The number of carbonyl (C=O) groups excluding carboxylic acids is 1. The SMILES string of the molecule is O=C(Cn1nccc1C(=O)O)Nc1cccc(Cl)c1. The highest BCUT2D eigenvalue weighted by Gasteiger charge is 2.13. The molecule has 0 aliphatic rings. The van der Waals surface area contributed by atoms with Crippen molar-refractivity contribution in [3.63, 3.8) is 0 Å². The Morgan fingerprint density at radius 3 is 2.84 bits per heavy atom. The van der Waals surface area contributed by atoms with Crippen molar-refractivity contribution < 1.29 is 14.7 Å². The van der Waals surface area contributed by atoms with Gasteiger partial charge in [-0.2, -0.15) is 5.10 Å². The van der Waals surface area contributed by atoms with Crippen LogP contribution in [0.1, 0.15) is 10.5 Å². The van der Waals surface area contributed by atoms with Crippen LogP contribution in [0.4, 0.5) is 5.69 Å². The number of carbonyl (C=O) groups is 2. The number of aromatic carboxylic acids is 1. The number of benzene rings is 1. The molecule has 2 N–H and O–H groups in total. The Labute approximate surface area is 113 Å². The smallest absolute Gasteiger partial charge is 0.354 e. The topological polar surface area (TPSA) is 84.2 Å². The van der Waals surface area contributed by atoms with Gasteiger partial charge in [-0.1, -0.05) is 17.7 Å². The van der Waals surface area contributed by atoms with Crippen molar-refractivity contribution in [1.82, 2.24) is 9.78 Å². The minimum atomic E-state index is -1.13. The fourth-order valence-corrected chi connectivity index (χ4v) is 1.73. The number of hydrogen-bond donors (Lipinski definition) is 2. The number of amides is 1. The summed E-state index contributed by atoms with van der Waals surface area (Å²) in [6.45, 7) is -0.179. The molecular weight excluding hydrogens is 270 g/mol. The molecule has 0 aliphatic heterocycles. The molecule has 0 spiro atoms. The van der Waals surface area contributed by atoms with Crippen LogP contribution >= 0.6 is 11.6 Å². The number of anilines is 1. The van der Waals surface area contributed by atoms with Gasteiger partial charge in [0.15, 0.2) is 0 Å². The van der Waals surface area contributed by atoms with Crippen molar-refractivity contribution in [3.8, 4) is 0 Å². The van der Waals surface area contributed by atoms with E-state index in [1.165, 1.54) is 12.3 Å².